The normalized spacial score (nSPS) is 0. The van der Waals surface area contributed by atoms with E-state index in [1.807, 2.05) is 0 Å². The minimum atomic E-state index is 0. The fraction of sp³-hybridized carbons (Fsp3) is 0. The summed E-state index contributed by atoms with van der Waals surface area (Å²) in [6, 6.07) is 0. The summed E-state index contributed by atoms with van der Waals surface area (Å²) in [5.74, 6) is 0. The molecule has 0 heterocycles. The molecule has 0 N–H and O–H groups in total. The number of hydrogen-bond donors (Lipinski definition) is 0. The molecule has 0 saturated carbocycles. The van der Waals surface area contributed by atoms with Crippen molar-refractivity contribution in [1.82, 2.24) is 0 Å². The Hall–Kier alpha value is 33.7. The average molecular weight is 9010 g/mol. The molecule has 0 atom stereocenters. The minimum absolute atomic E-state index is 0. The van der Waals surface area contributed by atoms with Crippen LogP contribution in [0.15, 0.2) is 0 Å². The van der Waals surface area contributed by atoms with Crippen molar-refractivity contribution in [2.75, 3.05) is 0 Å². The molecule has 0 nitrogen and oxygen atoms in total. The van der Waals surface area contributed by atoms with Crippen LogP contribution in [0, 0.1) is 0 Å². The van der Waals surface area contributed by atoms with Gasteiger partial charge in [0.25, 0.3) is 0 Å². The Morgan fingerprint density at radius 2 is 0.0204 bits per heavy atom. The van der Waals surface area contributed by atoms with Crippen LogP contribution in [-0.2, 0) is 1030 Å². The molecule has 0 bridgehead atoms. The zero-order chi connectivity index (χ0) is 0. The van der Waals surface area contributed by atoms with Gasteiger partial charge in [-0.05, 0) is 0 Å². The molecule has 0 radical (unpaired) electrons. The number of hydrogen-bond acceptors (Lipinski definition) is 0. The van der Waals surface area contributed by atoms with Gasteiger partial charge in [0, 0.05) is 1030 Å². The van der Waals surface area contributed by atoms with Crippen LogP contribution < -0.4 is 0 Å². The van der Waals surface area contributed by atoms with Crippen molar-refractivity contribution in [3.63, 3.8) is 0 Å². The minimum Gasteiger partial charge on any atom is 0 e. The van der Waals surface area contributed by atoms with Gasteiger partial charge >= 0.3 is 0 Å². The van der Waals surface area contributed by atoms with Crippen molar-refractivity contribution in [2.24, 2.45) is 0 Å². The van der Waals surface area contributed by atoms with Crippen LogP contribution in [0.25, 0.3) is 0 Å². The van der Waals surface area contributed by atoms with E-state index in [9.17, 15) is 0 Å². The van der Waals surface area contributed by atoms with E-state index in [-0.39, 0.29) is 1030 Å². The topological polar surface area (TPSA) is 0 Å². The molecule has 0 spiro atoms. The van der Waals surface area contributed by atoms with E-state index in [0.29, 0.717) is 0 Å². The fourth-order valence-corrected chi connectivity index (χ4v) is 0. The second-order valence-electron chi connectivity index (χ2n) is 0. The second kappa shape index (κ2) is 468. The third kappa shape index (κ3) is 457. The van der Waals surface area contributed by atoms with Crippen molar-refractivity contribution in [2.45, 2.75) is 0 Å². The van der Waals surface area contributed by atoms with Crippen LogP contribution in [0.3, 0.4) is 0 Å². The second-order valence-corrected chi connectivity index (χ2v) is 0. The predicted molar refractivity (Wildman–Crippen MR) is 0 cm³/mol. The molecule has 0 saturated heterocycles. The van der Waals surface area contributed by atoms with E-state index in [2.05, 4.69) is 0 Å². The first-order chi connectivity index (χ1) is 0. The summed E-state index contributed by atoms with van der Waals surface area (Å²) < 4.78 is 0. The quantitative estimate of drug-likeness (QED) is 0.318. The van der Waals surface area contributed by atoms with Crippen LogP contribution in [0.2, 0.25) is 0 Å². The zero-order valence-electron chi connectivity index (χ0n) is 20.0. The first kappa shape index (κ1) is 486. The Morgan fingerprint density at radius 1 is 0.0204 bits per heavy atom. The summed E-state index contributed by atoms with van der Waals surface area (Å²) in [7, 11) is 0. The number of rotatable bonds is 0. The molecular formula is W49. The maximum Gasteiger partial charge on any atom is 0 e. The van der Waals surface area contributed by atoms with Gasteiger partial charge in [-0.15, -0.1) is 0 Å². The molecule has 0 aromatic heterocycles. The van der Waals surface area contributed by atoms with Gasteiger partial charge in [-0.25, -0.2) is 0 Å². The molecule has 0 aliphatic rings. The largest absolute Gasteiger partial charge is 0 e. The van der Waals surface area contributed by atoms with E-state index >= 15 is 0 Å². The first-order valence-corrected chi connectivity index (χ1v) is 0. The summed E-state index contributed by atoms with van der Waals surface area (Å²) >= 11 is 0. The van der Waals surface area contributed by atoms with Crippen molar-refractivity contribution in [3.05, 3.63) is 0 Å². The molecule has 49 heavy (non-hydrogen) atoms. The monoisotopic (exact) mass is 9010 g/mol. The molecule has 0 aromatic carbocycles. The summed E-state index contributed by atoms with van der Waals surface area (Å²) in [5.41, 5.74) is 0. The van der Waals surface area contributed by atoms with Gasteiger partial charge in [-0.2, -0.15) is 0 Å². The molecule has 294 valence electrons. The molecular weight excluding hydrogens is 9010 g/mol. The molecule has 0 aromatic rings. The van der Waals surface area contributed by atoms with Crippen LogP contribution in [0.4, 0.5) is 0 Å². The Bertz CT molecular complexity index is 0. The Kier molecular flexibility index (Phi) is 4640. The summed E-state index contributed by atoms with van der Waals surface area (Å²) in [6.45, 7) is 0. The SMILES string of the molecule is [W].[W].[W].[W].[W].[W].[W].[W].[W].[W].[W].[W].[W].[W].[W].[W].[W].[W].[W].[W].[W].[W].[W].[W].[W].[W].[W].[W].[W].[W].[W].[W].[W].[W].[W].[W].[W].[W].[W].[W].[W].[W].[W].[W].[W].[W].[W].[W].[W]. The predicted octanol–water partition coefficient (Wildman–Crippen LogP) is -0.123. The Balaban J connectivity index is 0. The van der Waals surface area contributed by atoms with Crippen molar-refractivity contribution >= 4 is 0 Å². The third-order valence-electron chi connectivity index (χ3n) is 0. The summed E-state index contributed by atoms with van der Waals surface area (Å²) in [4.78, 5) is 0. The molecule has 0 rings (SSSR count). The zero-order valence-corrected chi connectivity index (χ0v) is 164. The van der Waals surface area contributed by atoms with Gasteiger partial charge in [0.15, 0.2) is 0 Å². The van der Waals surface area contributed by atoms with Crippen LogP contribution in [0.1, 0.15) is 0 Å². The maximum absolute atomic E-state index is 0. The van der Waals surface area contributed by atoms with Gasteiger partial charge in [-0.3, -0.25) is 0 Å². The summed E-state index contributed by atoms with van der Waals surface area (Å²) in [6.07, 6.45) is 0. The molecule has 0 fully saturated rings. The Morgan fingerprint density at radius 3 is 0.0204 bits per heavy atom. The van der Waals surface area contributed by atoms with Gasteiger partial charge in [-0.1, -0.05) is 0 Å². The maximum atomic E-state index is 0. The molecule has 0 aliphatic carbocycles. The Labute approximate surface area is 1000 Å². The standard InChI is InChI=1S/49W. The van der Waals surface area contributed by atoms with Gasteiger partial charge in [0.1, 0.15) is 0 Å². The fourth-order valence-electron chi connectivity index (χ4n) is 0. The molecule has 0 unspecified atom stereocenters. The van der Waals surface area contributed by atoms with E-state index in [4.69, 9.17) is 0 Å². The third-order valence-corrected chi connectivity index (χ3v) is 0. The van der Waals surface area contributed by atoms with Crippen LogP contribution in [0.5, 0.6) is 0 Å². The van der Waals surface area contributed by atoms with E-state index in [1.165, 1.54) is 0 Å². The van der Waals surface area contributed by atoms with Crippen LogP contribution in [-0.4, -0.2) is 0 Å². The smallest absolute Gasteiger partial charge is 0 e. The van der Waals surface area contributed by atoms with Crippen molar-refractivity contribution < 1.29 is 1030 Å². The first-order valence-electron chi connectivity index (χ1n) is 0. The van der Waals surface area contributed by atoms with Gasteiger partial charge in [0.2, 0.25) is 0 Å². The van der Waals surface area contributed by atoms with Gasteiger partial charge < -0.3 is 0 Å². The van der Waals surface area contributed by atoms with Gasteiger partial charge in [0.05, 0.1) is 0 Å². The molecule has 0 aliphatic heterocycles. The van der Waals surface area contributed by atoms with E-state index in [0.717, 1.165) is 0 Å². The van der Waals surface area contributed by atoms with Crippen LogP contribution >= 0.6 is 0 Å². The van der Waals surface area contributed by atoms with E-state index < -0.39 is 0 Å². The average Bonchev–Trinajstić information content (AvgIpc) is 0. The summed E-state index contributed by atoms with van der Waals surface area (Å²) in [5, 5.41) is 0. The van der Waals surface area contributed by atoms with Crippen molar-refractivity contribution in [1.29, 1.82) is 0 Å². The molecule has 0 amide bonds. The van der Waals surface area contributed by atoms with E-state index in [1.54, 1.807) is 0 Å². The molecule has 49 heteroatoms. The van der Waals surface area contributed by atoms with Crippen molar-refractivity contribution in [3.8, 4) is 0 Å².